The summed E-state index contributed by atoms with van der Waals surface area (Å²) in [6, 6.07) is 8.06. The lowest BCUT2D eigenvalue weighted by molar-refractivity contribution is 0.642. The number of pyridine rings is 1. The lowest BCUT2D eigenvalue weighted by atomic mass is 10.2. The molecule has 0 atom stereocenters. The van der Waals surface area contributed by atoms with E-state index < -0.39 is 0 Å². The van der Waals surface area contributed by atoms with Crippen molar-refractivity contribution >= 4 is 33.2 Å². The second-order valence-corrected chi connectivity index (χ2v) is 6.64. The van der Waals surface area contributed by atoms with E-state index in [1.807, 2.05) is 19.1 Å². The van der Waals surface area contributed by atoms with E-state index in [4.69, 9.17) is 0 Å². The predicted molar refractivity (Wildman–Crippen MR) is 95.5 cm³/mol. The van der Waals surface area contributed by atoms with Crippen LogP contribution in [0.2, 0.25) is 0 Å². The summed E-state index contributed by atoms with van der Waals surface area (Å²) in [5, 5.41) is 12.5. The van der Waals surface area contributed by atoms with Gasteiger partial charge in [0.15, 0.2) is 0 Å². The maximum Gasteiger partial charge on any atom is 0.146 e. The van der Waals surface area contributed by atoms with E-state index in [0.29, 0.717) is 5.56 Å². The Labute approximate surface area is 144 Å². The van der Waals surface area contributed by atoms with Crippen molar-refractivity contribution in [3.05, 3.63) is 41.2 Å². The molecule has 6 nitrogen and oxygen atoms in total. The fourth-order valence-electron chi connectivity index (χ4n) is 3.03. The van der Waals surface area contributed by atoms with E-state index >= 15 is 0 Å². The maximum atomic E-state index is 9.32. The molecule has 0 N–H and O–H groups in total. The van der Waals surface area contributed by atoms with Gasteiger partial charge in [0.25, 0.3) is 0 Å². The van der Waals surface area contributed by atoms with Crippen molar-refractivity contribution in [2.24, 2.45) is 0 Å². The van der Waals surface area contributed by atoms with Gasteiger partial charge in [0.2, 0.25) is 0 Å². The highest BCUT2D eigenvalue weighted by molar-refractivity contribution is 7.16. The van der Waals surface area contributed by atoms with E-state index in [9.17, 15) is 5.26 Å². The van der Waals surface area contributed by atoms with E-state index in [0.717, 1.165) is 53.7 Å². The van der Waals surface area contributed by atoms with Gasteiger partial charge < -0.3 is 9.80 Å². The Morgan fingerprint density at radius 1 is 1.04 bits per heavy atom. The van der Waals surface area contributed by atoms with Crippen molar-refractivity contribution in [3.8, 4) is 6.07 Å². The number of thiophene rings is 1. The normalized spacial score (nSPS) is 14.8. The predicted octanol–water partition coefficient (Wildman–Crippen LogP) is 2.59. The second-order valence-electron chi connectivity index (χ2n) is 5.75. The number of aryl methyl sites for hydroxylation is 1. The summed E-state index contributed by atoms with van der Waals surface area (Å²) in [5.41, 5.74) is 1.57. The molecule has 1 saturated heterocycles. The summed E-state index contributed by atoms with van der Waals surface area (Å²) in [7, 11) is 0. The van der Waals surface area contributed by atoms with Crippen molar-refractivity contribution < 1.29 is 0 Å². The van der Waals surface area contributed by atoms with Gasteiger partial charge in [0, 0.05) is 31.9 Å². The standard InChI is InChI=1S/C17H16N6S/c1-12-2-3-13(10-18)15(21-12)22-5-7-23(8-6-22)16-14-4-9-24-17(14)20-11-19-16/h2-4,9,11H,5-8H2,1H3. The van der Waals surface area contributed by atoms with Gasteiger partial charge in [0.1, 0.15) is 28.9 Å². The number of hydrogen-bond donors (Lipinski definition) is 0. The number of rotatable bonds is 2. The monoisotopic (exact) mass is 336 g/mol. The number of aromatic nitrogens is 3. The summed E-state index contributed by atoms with van der Waals surface area (Å²) >= 11 is 1.64. The van der Waals surface area contributed by atoms with Crippen LogP contribution in [0.4, 0.5) is 11.6 Å². The highest BCUT2D eigenvalue weighted by atomic mass is 32.1. The molecule has 0 radical (unpaired) electrons. The summed E-state index contributed by atoms with van der Waals surface area (Å²) in [6.45, 7) is 5.29. The number of nitrogens with zero attached hydrogens (tertiary/aromatic N) is 6. The van der Waals surface area contributed by atoms with Crippen molar-refractivity contribution in [1.82, 2.24) is 15.0 Å². The van der Waals surface area contributed by atoms with Crippen LogP contribution in [0, 0.1) is 18.3 Å². The third-order valence-corrected chi connectivity index (χ3v) is 5.07. The van der Waals surface area contributed by atoms with Gasteiger partial charge in [-0.1, -0.05) is 0 Å². The molecule has 0 aromatic carbocycles. The van der Waals surface area contributed by atoms with E-state index in [-0.39, 0.29) is 0 Å². The lowest BCUT2D eigenvalue weighted by Gasteiger charge is -2.36. The molecule has 0 spiro atoms. The number of anilines is 2. The summed E-state index contributed by atoms with van der Waals surface area (Å²) in [4.78, 5) is 18.9. The van der Waals surface area contributed by atoms with Crippen LogP contribution in [0.5, 0.6) is 0 Å². The molecular weight excluding hydrogens is 320 g/mol. The number of hydrogen-bond acceptors (Lipinski definition) is 7. The Morgan fingerprint density at radius 2 is 1.79 bits per heavy atom. The molecule has 24 heavy (non-hydrogen) atoms. The van der Waals surface area contributed by atoms with Gasteiger partial charge >= 0.3 is 0 Å². The van der Waals surface area contributed by atoms with Crippen LogP contribution in [0.3, 0.4) is 0 Å². The molecular formula is C17H16N6S. The molecule has 4 heterocycles. The van der Waals surface area contributed by atoms with Crippen LogP contribution in [0.15, 0.2) is 29.9 Å². The third-order valence-electron chi connectivity index (χ3n) is 4.25. The first-order valence-electron chi connectivity index (χ1n) is 7.82. The van der Waals surface area contributed by atoms with Crippen molar-refractivity contribution in [3.63, 3.8) is 0 Å². The molecule has 3 aromatic rings. The topological polar surface area (TPSA) is 68.9 Å². The molecule has 1 fully saturated rings. The van der Waals surface area contributed by atoms with Gasteiger partial charge in [-0.2, -0.15) is 5.26 Å². The van der Waals surface area contributed by atoms with Gasteiger partial charge in [-0.15, -0.1) is 11.3 Å². The van der Waals surface area contributed by atoms with Crippen LogP contribution in [0.25, 0.3) is 10.2 Å². The van der Waals surface area contributed by atoms with Crippen LogP contribution in [-0.4, -0.2) is 41.1 Å². The molecule has 0 aliphatic carbocycles. The first-order valence-corrected chi connectivity index (χ1v) is 8.70. The average molecular weight is 336 g/mol. The Kier molecular flexibility index (Phi) is 3.75. The fraction of sp³-hybridized carbons (Fsp3) is 0.294. The van der Waals surface area contributed by atoms with Gasteiger partial charge in [-0.3, -0.25) is 0 Å². The van der Waals surface area contributed by atoms with Gasteiger partial charge in [-0.25, -0.2) is 15.0 Å². The molecule has 1 aliphatic rings. The van der Waals surface area contributed by atoms with Crippen LogP contribution in [-0.2, 0) is 0 Å². The van der Waals surface area contributed by atoms with Crippen LogP contribution < -0.4 is 9.80 Å². The van der Waals surface area contributed by atoms with Crippen LogP contribution in [0.1, 0.15) is 11.3 Å². The lowest BCUT2D eigenvalue weighted by Crippen LogP contribution is -2.47. The van der Waals surface area contributed by atoms with E-state index in [1.54, 1.807) is 17.7 Å². The van der Waals surface area contributed by atoms with Crippen LogP contribution >= 0.6 is 11.3 Å². The summed E-state index contributed by atoms with van der Waals surface area (Å²) in [6.07, 6.45) is 1.64. The minimum atomic E-state index is 0.635. The van der Waals surface area contributed by atoms with Crippen molar-refractivity contribution in [2.45, 2.75) is 6.92 Å². The maximum absolute atomic E-state index is 9.32. The number of fused-ring (bicyclic) bond motifs is 1. The molecule has 0 bridgehead atoms. The quantitative estimate of drug-likeness (QED) is 0.716. The molecule has 0 saturated carbocycles. The second kappa shape index (κ2) is 6.06. The highest BCUT2D eigenvalue weighted by Gasteiger charge is 2.22. The molecule has 0 unspecified atom stereocenters. The average Bonchev–Trinajstić information content (AvgIpc) is 3.10. The molecule has 0 amide bonds. The zero-order chi connectivity index (χ0) is 16.5. The first-order chi connectivity index (χ1) is 11.8. The largest absolute Gasteiger partial charge is 0.352 e. The zero-order valence-corrected chi connectivity index (χ0v) is 14.1. The van der Waals surface area contributed by atoms with Crippen molar-refractivity contribution in [1.29, 1.82) is 5.26 Å². The molecule has 120 valence electrons. The summed E-state index contributed by atoms with van der Waals surface area (Å²) in [5.74, 6) is 1.79. The first kappa shape index (κ1) is 14.8. The van der Waals surface area contributed by atoms with Crippen molar-refractivity contribution in [2.75, 3.05) is 36.0 Å². The minimum Gasteiger partial charge on any atom is -0.352 e. The zero-order valence-electron chi connectivity index (χ0n) is 13.3. The molecule has 4 rings (SSSR count). The number of nitriles is 1. The van der Waals surface area contributed by atoms with E-state index in [2.05, 4.69) is 42.3 Å². The molecule has 1 aliphatic heterocycles. The molecule has 7 heteroatoms. The Hall–Kier alpha value is -2.72. The minimum absolute atomic E-state index is 0.635. The SMILES string of the molecule is Cc1ccc(C#N)c(N2CCN(c3ncnc4sccc34)CC2)n1. The molecule has 3 aromatic heterocycles. The van der Waals surface area contributed by atoms with Gasteiger partial charge in [-0.05, 0) is 30.5 Å². The number of piperazine rings is 1. The Morgan fingerprint density at radius 3 is 2.54 bits per heavy atom. The fourth-order valence-corrected chi connectivity index (χ4v) is 3.76. The van der Waals surface area contributed by atoms with Gasteiger partial charge in [0.05, 0.1) is 10.9 Å². The summed E-state index contributed by atoms with van der Waals surface area (Å²) < 4.78 is 0. The highest BCUT2D eigenvalue weighted by Crippen LogP contribution is 2.28. The Balaban J connectivity index is 1.57. The van der Waals surface area contributed by atoms with E-state index in [1.165, 1.54) is 0 Å². The Bertz CT molecular complexity index is 920. The third kappa shape index (κ3) is 2.55. The smallest absolute Gasteiger partial charge is 0.146 e.